The average Bonchev–Trinajstić information content (AvgIpc) is 2.90. The van der Waals surface area contributed by atoms with Gasteiger partial charge in [-0.15, -0.1) is 0 Å². The first-order chi connectivity index (χ1) is 7.36. The Labute approximate surface area is 85.4 Å². The smallest absolute Gasteiger partial charge is 0.307 e. The van der Waals surface area contributed by atoms with E-state index in [-0.39, 0.29) is 5.76 Å². The van der Waals surface area contributed by atoms with Gasteiger partial charge in [0.05, 0.1) is 18.7 Å². The van der Waals surface area contributed by atoms with E-state index in [4.69, 9.17) is 8.83 Å². The Morgan fingerprint density at radius 2 is 2.07 bits per heavy atom. The van der Waals surface area contributed by atoms with Crippen molar-refractivity contribution in [3.8, 4) is 0 Å². The number of hydrogen-bond donors (Lipinski definition) is 1. The van der Waals surface area contributed by atoms with Crippen molar-refractivity contribution in [3.05, 3.63) is 48.3 Å². The lowest BCUT2D eigenvalue weighted by Gasteiger charge is -1.93. The number of hydrogen-bond acceptors (Lipinski definition) is 4. The van der Waals surface area contributed by atoms with E-state index < -0.39 is 5.91 Å². The Morgan fingerprint density at radius 3 is 2.73 bits per heavy atom. The molecule has 0 saturated carbocycles. The second-order valence-electron chi connectivity index (χ2n) is 2.69. The van der Waals surface area contributed by atoms with E-state index in [0.717, 1.165) is 0 Å². The summed E-state index contributed by atoms with van der Waals surface area (Å²) in [5, 5.41) is 3.69. The maximum atomic E-state index is 11.3. The van der Waals surface area contributed by atoms with Gasteiger partial charge in [0, 0.05) is 0 Å². The van der Waals surface area contributed by atoms with Crippen molar-refractivity contribution in [1.82, 2.24) is 5.43 Å². The molecule has 1 N–H and O–H groups in total. The van der Waals surface area contributed by atoms with E-state index in [1.165, 1.54) is 18.7 Å². The van der Waals surface area contributed by atoms with Crippen molar-refractivity contribution in [3.63, 3.8) is 0 Å². The average molecular weight is 204 g/mol. The van der Waals surface area contributed by atoms with Crippen LogP contribution < -0.4 is 5.43 Å². The minimum Gasteiger partial charge on any atom is -0.463 e. The molecule has 2 aromatic heterocycles. The summed E-state index contributed by atoms with van der Waals surface area (Å²) < 4.78 is 9.86. The molecule has 0 bridgehead atoms. The maximum Gasteiger partial charge on any atom is 0.307 e. The number of carbonyl (C=O) groups is 1. The molecule has 1 amide bonds. The van der Waals surface area contributed by atoms with Crippen molar-refractivity contribution in [1.29, 1.82) is 0 Å². The highest BCUT2D eigenvalue weighted by atomic mass is 16.3. The van der Waals surface area contributed by atoms with Crippen LogP contribution >= 0.6 is 0 Å². The molecule has 0 aliphatic rings. The Hall–Kier alpha value is -2.30. The molecule has 0 aliphatic heterocycles. The van der Waals surface area contributed by atoms with Crippen LogP contribution in [-0.2, 0) is 0 Å². The van der Waals surface area contributed by atoms with Crippen molar-refractivity contribution < 1.29 is 13.6 Å². The van der Waals surface area contributed by atoms with Crippen LogP contribution in [-0.4, -0.2) is 12.1 Å². The molecule has 0 fully saturated rings. The highest BCUT2D eigenvalue weighted by Gasteiger charge is 2.05. The Kier molecular flexibility index (Phi) is 2.64. The first-order valence-corrected chi connectivity index (χ1v) is 4.26. The molecule has 0 unspecified atom stereocenters. The quantitative estimate of drug-likeness (QED) is 0.610. The lowest BCUT2D eigenvalue weighted by Crippen LogP contribution is -2.16. The van der Waals surface area contributed by atoms with Crippen LogP contribution in [0.2, 0.25) is 0 Å². The van der Waals surface area contributed by atoms with Gasteiger partial charge in [-0.1, -0.05) is 0 Å². The summed E-state index contributed by atoms with van der Waals surface area (Å²) in [5.41, 5.74) is 2.30. The standard InChI is InChI=1S/C10H8N2O3/c13-10(9-4-2-6-15-9)12-11-7-8-3-1-5-14-8/h1-7H,(H,12,13). The molecule has 0 atom stereocenters. The molecule has 0 spiro atoms. The number of rotatable bonds is 3. The topological polar surface area (TPSA) is 67.7 Å². The lowest BCUT2D eigenvalue weighted by molar-refractivity contribution is 0.0927. The van der Waals surface area contributed by atoms with Crippen LogP contribution in [0.5, 0.6) is 0 Å². The molecule has 0 radical (unpaired) electrons. The molecule has 15 heavy (non-hydrogen) atoms. The van der Waals surface area contributed by atoms with Gasteiger partial charge in [-0.2, -0.15) is 5.10 Å². The largest absolute Gasteiger partial charge is 0.463 e. The number of furan rings is 2. The molecule has 0 aliphatic carbocycles. The van der Waals surface area contributed by atoms with Crippen molar-refractivity contribution >= 4 is 12.1 Å². The summed E-state index contributed by atoms with van der Waals surface area (Å²) in [4.78, 5) is 11.3. The number of nitrogens with one attached hydrogen (secondary N) is 1. The van der Waals surface area contributed by atoms with Gasteiger partial charge in [0.25, 0.3) is 0 Å². The third-order valence-electron chi connectivity index (χ3n) is 1.65. The highest BCUT2D eigenvalue weighted by molar-refractivity contribution is 5.92. The second-order valence-corrected chi connectivity index (χ2v) is 2.69. The molecule has 5 heteroatoms. The minimum atomic E-state index is -0.400. The number of amides is 1. The molecule has 0 aromatic carbocycles. The van der Waals surface area contributed by atoms with Gasteiger partial charge in [-0.3, -0.25) is 4.79 Å². The number of nitrogens with zero attached hydrogens (tertiary/aromatic N) is 1. The highest BCUT2D eigenvalue weighted by Crippen LogP contribution is 1.99. The van der Waals surface area contributed by atoms with Gasteiger partial charge in [0.1, 0.15) is 5.76 Å². The molecule has 76 valence electrons. The van der Waals surface area contributed by atoms with Crippen molar-refractivity contribution in [2.45, 2.75) is 0 Å². The van der Waals surface area contributed by atoms with E-state index in [9.17, 15) is 4.79 Å². The van der Waals surface area contributed by atoms with Gasteiger partial charge in [0.15, 0.2) is 5.76 Å². The van der Waals surface area contributed by atoms with E-state index in [2.05, 4.69) is 10.5 Å². The van der Waals surface area contributed by atoms with Gasteiger partial charge in [0.2, 0.25) is 0 Å². The summed E-state index contributed by atoms with van der Waals surface area (Å²) in [7, 11) is 0. The van der Waals surface area contributed by atoms with E-state index in [1.807, 2.05) is 0 Å². The third kappa shape index (κ3) is 2.34. The van der Waals surface area contributed by atoms with Crippen LogP contribution in [0.25, 0.3) is 0 Å². The summed E-state index contributed by atoms with van der Waals surface area (Å²) >= 11 is 0. The van der Waals surface area contributed by atoms with Crippen LogP contribution in [0, 0.1) is 0 Å². The molecule has 2 aromatic rings. The zero-order chi connectivity index (χ0) is 10.5. The molecule has 2 heterocycles. The summed E-state index contributed by atoms with van der Waals surface area (Å²) in [5.74, 6) is 0.379. The van der Waals surface area contributed by atoms with E-state index >= 15 is 0 Å². The monoisotopic (exact) mass is 204 g/mol. The number of carbonyl (C=O) groups excluding carboxylic acids is 1. The van der Waals surface area contributed by atoms with Crippen LogP contribution in [0.1, 0.15) is 16.3 Å². The molecule has 0 saturated heterocycles. The first kappa shape index (κ1) is 9.26. The maximum absolute atomic E-state index is 11.3. The van der Waals surface area contributed by atoms with Gasteiger partial charge in [-0.05, 0) is 24.3 Å². The Bertz CT molecular complexity index is 443. The number of hydrazone groups is 1. The fraction of sp³-hybridized carbons (Fsp3) is 0. The SMILES string of the molecule is O=C(NN=Cc1ccco1)c1ccco1. The molecule has 5 nitrogen and oxygen atoms in total. The lowest BCUT2D eigenvalue weighted by atomic mass is 10.4. The van der Waals surface area contributed by atoms with E-state index in [1.54, 1.807) is 24.3 Å². The molecular formula is C10H8N2O3. The predicted molar refractivity (Wildman–Crippen MR) is 52.5 cm³/mol. The fourth-order valence-corrected chi connectivity index (χ4v) is 0.982. The Morgan fingerprint density at radius 1 is 1.27 bits per heavy atom. The van der Waals surface area contributed by atoms with Crippen LogP contribution in [0.15, 0.2) is 50.7 Å². The Balaban J connectivity index is 1.91. The normalized spacial score (nSPS) is 10.7. The third-order valence-corrected chi connectivity index (χ3v) is 1.65. The van der Waals surface area contributed by atoms with Gasteiger partial charge < -0.3 is 8.83 Å². The van der Waals surface area contributed by atoms with Gasteiger partial charge in [-0.25, -0.2) is 5.43 Å². The van der Waals surface area contributed by atoms with Crippen LogP contribution in [0.3, 0.4) is 0 Å². The summed E-state index contributed by atoms with van der Waals surface area (Å²) in [6.45, 7) is 0. The van der Waals surface area contributed by atoms with Crippen molar-refractivity contribution in [2.75, 3.05) is 0 Å². The van der Waals surface area contributed by atoms with E-state index in [0.29, 0.717) is 5.76 Å². The zero-order valence-corrected chi connectivity index (χ0v) is 7.71. The van der Waals surface area contributed by atoms with Crippen LogP contribution in [0.4, 0.5) is 0 Å². The predicted octanol–water partition coefficient (Wildman–Crippen LogP) is 1.64. The molecular weight excluding hydrogens is 196 g/mol. The first-order valence-electron chi connectivity index (χ1n) is 4.26. The molecule has 2 rings (SSSR count). The second kappa shape index (κ2) is 4.28. The minimum absolute atomic E-state index is 0.214. The summed E-state index contributed by atoms with van der Waals surface area (Å²) in [6, 6.07) is 6.64. The van der Waals surface area contributed by atoms with Gasteiger partial charge >= 0.3 is 5.91 Å². The van der Waals surface area contributed by atoms with Crippen molar-refractivity contribution in [2.24, 2.45) is 5.10 Å². The fourth-order valence-electron chi connectivity index (χ4n) is 0.982. The zero-order valence-electron chi connectivity index (χ0n) is 7.71. The summed E-state index contributed by atoms with van der Waals surface area (Å²) in [6.07, 6.45) is 4.35.